The van der Waals surface area contributed by atoms with Gasteiger partial charge in [-0.25, -0.2) is 22.5 Å². The van der Waals surface area contributed by atoms with Gasteiger partial charge in [0, 0.05) is 31.3 Å². The Bertz CT molecular complexity index is 3060. The highest BCUT2D eigenvalue weighted by Gasteiger charge is 2.52. The summed E-state index contributed by atoms with van der Waals surface area (Å²) in [6.45, 7) is 10.3. The average molecular weight is 1100 g/mol. The van der Waals surface area contributed by atoms with Crippen LogP contribution in [-0.2, 0) is 36.6 Å². The number of thiazole rings is 1. The molecule has 2 fully saturated rings. The van der Waals surface area contributed by atoms with E-state index in [0.717, 1.165) is 57.1 Å². The van der Waals surface area contributed by atoms with Crippen molar-refractivity contribution >= 4 is 63.7 Å². The number of aryl methyl sites for hydroxylation is 1. The molecule has 0 aliphatic carbocycles. The quantitative estimate of drug-likeness (QED) is 0.0487. The Hall–Kier alpha value is -7.03. The summed E-state index contributed by atoms with van der Waals surface area (Å²) in [7, 11) is 0. The van der Waals surface area contributed by atoms with E-state index >= 15 is 17.6 Å². The number of nitrogens with zero attached hydrogens (tertiary/aromatic N) is 6. The van der Waals surface area contributed by atoms with Crippen LogP contribution in [0.4, 0.5) is 42.1 Å². The zero-order valence-electron chi connectivity index (χ0n) is 42.2. The van der Waals surface area contributed by atoms with Crippen LogP contribution in [0, 0.1) is 46.9 Å². The van der Waals surface area contributed by atoms with Crippen molar-refractivity contribution in [1.29, 1.82) is 5.26 Å². The number of ether oxygens (including phenoxy) is 2. The Morgan fingerprint density at radius 2 is 1.63 bits per heavy atom. The van der Waals surface area contributed by atoms with Crippen molar-refractivity contribution < 1.29 is 59.4 Å². The van der Waals surface area contributed by atoms with Gasteiger partial charge in [-0.2, -0.15) is 18.4 Å². The molecule has 23 heteroatoms. The number of hydrogen-bond acceptors (Lipinski definition) is 11. The molecule has 3 aromatic carbocycles. The van der Waals surface area contributed by atoms with Crippen molar-refractivity contribution in [3.63, 3.8) is 0 Å². The van der Waals surface area contributed by atoms with E-state index in [1.54, 1.807) is 16.8 Å². The van der Waals surface area contributed by atoms with Gasteiger partial charge in [0.05, 0.1) is 51.9 Å². The van der Waals surface area contributed by atoms with Gasteiger partial charge in [0.15, 0.2) is 34.1 Å². The molecule has 4 amide bonds. The second kappa shape index (κ2) is 23.1. The molecule has 4 heterocycles. The SMILES string of the molecule is Cc1ncsc1-c1ccc(CNC(=O)[C@@H]2CCCN2C(=O)C(NC(=O)COCCCCCOc2c(F)cc(-c3ncc(N4C(=S)N(c5ccc(C#N)c(C(F)(F)F)c5F)C(=O)C4(C)C)cc3F)cc2F)C(C)(C)C)cc1. The lowest BCUT2D eigenvalue weighted by molar-refractivity contribution is -0.144. The van der Waals surface area contributed by atoms with E-state index in [1.807, 2.05) is 52.0 Å². The zero-order chi connectivity index (χ0) is 55.4. The molecule has 2 N–H and O–H groups in total. The third-order valence-electron chi connectivity index (χ3n) is 12.9. The van der Waals surface area contributed by atoms with Crippen molar-refractivity contribution in [3.05, 3.63) is 112 Å². The second-order valence-corrected chi connectivity index (χ2v) is 21.0. The van der Waals surface area contributed by atoms with Gasteiger partial charge in [-0.1, -0.05) is 45.0 Å². The summed E-state index contributed by atoms with van der Waals surface area (Å²) in [6, 6.07) is 11.4. The Balaban J connectivity index is 0.863. The van der Waals surface area contributed by atoms with Gasteiger partial charge in [-0.3, -0.25) is 29.1 Å². The summed E-state index contributed by atoms with van der Waals surface area (Å²) in [5.74, 6) is -8.28. The minimum absolute atomic E-state index is 0.119. The fourth-order valence-corrected chi connectivity index (χ4v) is 10.3. The molecule has 0 radical (unpaired) electrons. The van der Waals surface area contributed by atoms with Crippen LogP contribution >= 0.6 is 23.6 Å². The maximum atomic E-state index is 15.8. The van der Waals surface area contributed by atoms with Gasteiger partial charge >= 0.3 is 6.18 Å². The normalized spacial score (nSPS) is 16.0. The summed E-state index contributed by atoms with van der Waals surface area (Å²) >= 11 is 6.95. The highest BCUT2D eigenvalue weighted by Crippen LogP contribution is 2.43. The van der Waals surface area contributed by atoms with E-state index in [4.69, 9.17) is 27.0 Å². The monoisotopic (exact) mass is 1090 g/mol. The van der Waals surface area contributed by atoms with Gasteiger partial charge in [0.2, 0.25) is 17.7 Å². The van der Waals surface area contributed by atoms with Gasteiger partial charge in [-0.15, -0.1) is 11.3 Å². The predicted octanol–water partition coefficient (Wildman–Crippen LogP) is 9.95. The molecule has 2 aliphatic rings. The molecular formula is C53H53F7N8O6S2. The summed E-state index contributed by atoms with van der Waals surface area (Å²) < 4.78 is 114. The molecule has 76 heavy (non-hydrogen) atoms. The Morgan fingerprint density at radius 1 is 0.947 bits per heavy atom. The summed E-state index contributed by atoms with van der Waals surface area (Å²) in [5, 5.41) is 14.4. The van der Waals surface area contributed by atoms with Crippen LogP contribution in [0.3, 0.4) is 0 Å². The molecule has 402 valence electrons. The fourth-order valence-electron chi connectivity index (χ4n) is 8.95. The molecule has 14 nitrogen and oxygen atoms in total. The number of benzene rings is 3. The number of amides is 4. The van der Waals surface area contributed by atoms with Crippen molar-refractivity contribution in [2.75, 3.05) is 36.2 Å². The molecular weight excluding hydrogens is 1040 g/mol. The number of alkyl halides is 3. The van der Waals surface area contributed by atoms with Crippen LogP contribution in [0.1, 0.15) is 89.1 Å². The highest BCUT2D eigenvalue weighted by molar-refractivity contribution is 7.81. The van der Waals surface area contributed by atoms with Gasteiger partial charge in [0.25, 0.3) is 5.91 Å². The van der Waals surface area contributed by atoms with Crippen LogP contribution < -0.4 is 25.2 Å². The van der Waals surface area contributed by atoms with Gasteiger partial charge < -0.3 is 29.9 Å². The van der Waals surface area contributed by atoms with E-state index in [2.05, 4.69) is 20.6 Å². The lowest BCUT2D eigenvalue weighted by Crippen LogP contribution is -2.58. The molecule has 7 rings (SSSR count). The Kier molecular flexibility index (Phi) is 17.2. The largest absolute Gasteiger partial charge is 0.488 e. The van der Waals surface area contributed by atoms with Crippen LogP contribution in [0.2, 0.25) is 0 Å². The summed E-state index contributed by atoms with van der Waals surface area (Å²) in [6.07, 6.45) is -1.93. The number of pyridine rings is 1. The first-order chi connectivity index (χ1) is 35.8. The fraction of sp³-hybridized carbons (Fsp3) is 0.396. The van der Waals surface area contributed by atoms with E-state index < -0.39 is 97.7 Å². The van der Waals surface area contributed by atoms with Gasteiger partial charge in [-0.05, 0) is 106 Å². The number of halogens is 7. The average Bonchev–Trinajstić information content (AvgIpc) is 4.12. The van der Waals surface area contributed by atoms with Crippen molar-refractivity contribution in [3.8, 4) is 33.5 Å². The smallest absolute Gasteiger partial charge is 0.420 e. The molecule has 2 saturated heterocycles. The number of nitrogens with one attached hydrogen (secondary N) is 2. The Morgan fingerprint density at radius 3 is 2.25 bits per heavy atom. The third kappa shape index (κ3) is 12.1. The molecule has 0 spiro atoms. The maximum absolute atomic E-state index is 15.8. The number of hydrogen-bond donors (Lipinski definition) is 2. The van der Waals surface area contributed by atoms with Crippen LogP contribution in [0.5, 0.6) is 5.75 Å². The number of nitriles is 1. The van der Waals surface area contributed by atoms with Crippen molar-refractivity contribution in [2.45, 2.75) is 104 Å². The molecule has 5 aromatic rings. The minimum Gasteiger partial charge on any atom is -0.488 e. The number of aromatic nitrogens is 2. The predicted molar refractivity (Wildman–Crippen MR) is 273 cm³/mol. The number of thiocarbonyl (C=S) groups is 1. The molecule has 2 aromatic heterocycles. The number of carbonyl (C=O) groups is 4. The summed E-state index contributed by atoms with van der Waals surface area (Å²) in [4.78, 5) is 66.4. The summed E-state index contributed by atoms with van der Waals surface area (Å²) in [5.41, 5.74) is -2.60. The zero-order valence-corrected chi connectivity index (χ0v) is 43.8. The van der Waals surface area contributed by atoms with E-state index in [9.17, 15) is 32.3 Å². The topological polar surface area (TPSA) is 170 Å². The van der Waals surface area contributed by atoms with Crippen LogP contribution in [0.15, 0.2) is 66.3 Å². The molecule has 1 unspecified atom stereocenters. The number of rotatable bonds is 18. The van der Waals surface area contributed by atoms with Crippen molar-refractivity contribution in [2.24, 2.45) is 5.41 Å². The first-order valence-corrected chi connectivity index (χ1v) is 25.3. The van der Waals surface area contributed by atoms with E-state index in [0.29, 0.717) is 49.6 Å². The minimum atomic E-state index is -5.30. The standard InChI is InChI=1S/C53H53F7N8O6S2/c1-29-45(76-28-64-29)31-14-12-30(13-15-31)25-63-47(70)39-11-10-18-66(39)48(71)46(51(2,3)4)65-40(69)27-73-19-8-7-9-20-74-44-36(55)21-33(22-37(44)56)43-35(54)23-34(26-62-43)68-50(75)67(49(72)52(68,5)6)38-17-16-32(24-61)41(42(38)57)53(58,59)60/h12-17,21-23,26,28,39,46H,7-11,18-20,25,27H2,1-6H3,(H,63,70)(H,65,69)/t39-,46?/m0/s1. The second-order valence-electron chi connectivity index (χ2n) is 19.7. The van der Waals surface area contributed by atoms with Crippen molar-refractivity contribution in [1.82, 2.24) is 25.5 Å². The lowest BCUT2D eigenvalue weighted by atomic mass is 9.85. The van der Waals surface area contributed by atoms with Gasteiger partial charge in [0.1, 0.15) is 35.5 Å². The molecule has 2 aliphatic heterocycles. The number of likely N-dealkylation sites (tertiary alicyclic amines) is 1. The third-order valence-corrected chi connectivity index (χ3v) is 14.2. The number of carbonyl (C=O) groups excluding carboxylic acids is 4. The van der Waals surface area contributed by atoms with E-state index in [-0.39, 0.29) is 49.4 Å². The molecule has 0 saturated carbocycles. The molecule has 0 bridgehead atoms. The van der Waals surface area contributed by atoms with E-state index in [1.165, 1.54) is 24.8 Å². The van der Waals surface area contributed by atoms with Crippen LogP contribution in [0.25, 0.3) is 21.7 Å². The number of unbranched alkanes of at least 4 members (excludes halogenated alkanes) is 2. The highest BCUT2D eigenvalue weighted by atomic mass is 32.1. The maximum Gasteiger partial charge on any atom is 0.420 e. The first kappa shape index (κ1) is 56.7. The number of anilines is 2. The molecule has 2 atom stereocenters. The Labute approximate surface area is 443 Å². The lowest BCUT2D eigenvalue weighted by Gasteiger charge is -2.35. The van der Waals surface area contributed by atoms with Crippen LogP contribution in [-0.4, -0.2) is 87.6 Å². The first-order valence-electron chi connectivity index (χ1n) is 24.1.